The molecule has 0 aliphatic rings. The second kappa shape index (κ2) is 30.2. The number of hydrogen-bond acceptors (Lipinski definition) is 3. The van der Waals surface area contributed by atoms with Gasteiger partial charge in [0.15, 0.2) is 0 Å². The highest BCUT2D eigenvalue weighted by molar-refractivity contribution is 5.69. The number of carboxylic acid groups (broad SMARTS) is 1. The van der Waals surface area contributed by atoms with Crippen LogP contribution in [0.4, 0.5) is 0 Å². The predicted octanol–water partition coefficient (Wildman–Crippen LogP) is 11.1. The zero-order valence-electron chi connectivity index (χ0n) is 25.5. The van der Waals surface area contributed by atoms with Crippen LogP contribution >= 0.6 is 0 Å². The van der Waals surface area contributed by atoms with Crippen LogP contribution in [0, 0.1) is 0 Å². The van der Waals surface area contributed by atoms with Gasteiger partial charge in [-0.2, -0.15) is 0 Å². The first kappa shape index (κ1) is 36.7. The summed E-state index contributed by atoms with van der Waals surface area (Å²) in [6.07, 6.45) is 35.6. The van der Waals surface area contributed by atoms with Gasteiger partial charge in [-0.1, -0.05) is 148 Å². The fourth-order valence-electron chi connectivity index (χ4n) is 4.98. The Morgan fingerprint density at radius 3 is 1.45 bits per heavy atom. The molecular weight excluding hydrogens is 472 g/mol. The van der Waals surface area contributed by atoms with Crippen LogP contribution in [0.2, 0.25) is 0 Å². The van der Waals surface area contributed by atoms with E-state index in [1.807, 2.05) is 6.08 Å². The van der Waals surface area contributed by atoms with Gasteiger partial charge in [-0.05, 0) is 38.2 Å². The molecule has 0 heterocycles. The largest absolute Gasteiger partial charge is 0.481 e. The van der Waals surface area contributed by atoms with Gasteiger partial charge in [0.05, 0.1) is 0 Å². The maximum atomic E-state index is 12.3. The molecule has 4 nitrogen and oxygen atoms in total. The van der Waals surface area contributed by atoms with Crippen LogP contribution in [0.3, 0.4) is 0 Å². The zero-order valence-corrected chi connectivity index (χ0v) is 25.5. The number of rotatable bonds is 30. The third-order valence-electron chi connectivity index (χ3n) is 7.45. The molecule has 0 rings (SSSR count). The lowest BCUT2D eigenvalue weighted by molar-refractivity contribution is -0.147. The summed E-state index contributed by atoms with van der Waals surface area (Å²) >= 11 is 0. The van der Waals surface area contributed by atoms with E-state index in [0.29, 0.717) is 6.42 Å². The van der Waals surface area contributed by atoms with E-state index in [-0.39, 0.29) is 18.5 Å². The molecule has 0 aromatic rings. The van der Waals surface area contributed by atoms with Gasteiger partial charge in [0.1, 0.15) is 6.10 Å². The van der Waals surface area contributed by atoms with Gasteiger partial charge in [-0.3, -0.25) is 9.59 Å². The maximum absolute atomic E-state index is 12.3. The smallest absolute Gasteiger partial charge is 0.306 e. The van der Waals surface area contributed by atoms with Crippen LogP contribution < -0.4 is 0 Å². The summed E-state index contributed by atoms with van der Waals surface area (Å²) in [6.45, 7) is 4.43. The summed E-state index contributed by atoms with van der Waals surface area (Å²) in [5, 5.41) is 8.73. The molecule has 4 heteroatoms. The molecule has 0 amide bonds. The predicted molar refractivity (Wildman–Crippen MR) is 163 cm³/mol. The molecule has 38 heavy (non-hydrogen) atoms. The normalized spacial score (nSPS) is 12.3. The van der Waals surface area contributed by atoms with Gasteiger partial charge in [0.2, 0.25) is 0 Å². The molecule has 0 fully saturated rings. The monoisotopic (exact) mass is 536 g/mol. The van der Waals surface area contributed by atoms with Crippen molar-refractivity contribution in [3.63, 3.8) is 0 Å². The number of esters is 1. The van der Waals surface area contributed by atoms with Crippen LogP contribution in [0.1, 0.15) is 187 Å². The molecule has 1 unspecified atom stereocenters. The second-order valence-electron chi connectivity index (χ2n) is 11.4. The van der Waals surface area contributed by atoms with Crippen LogP contribution in [0.15, 0.2) is 12.2 Å². The van der Waals surface area contributed by atoms with Crippen molar-refractivity contribution in [3.05, 3.63) is 12.2 Å². The molecule has 0 spiro atoms. The standard InChI is InChI=1S/C34H64O4/c1-3-5-7-8-9-10-11-12-13-14-15-16-17-18-19-20-21-27-31-34(37)38-32(28-24-6-4-2)29-25-22-23-26-30-33(35)36/h24,28,32H,3-23,25-27,29-31H2,1-2H3,(H,35,36)/b28-24-. The fourth-order valence-corrected chi connectivity index (χ4v) is 4.98. The third-order valence-corrected chi connectivity index (χ3v) is 7.45. The zero-order chi connectivity index (χ0) is 27.9. The lowest BCUT2D eigenvalue weighted by Gasteiger charge is -2.14. The number of aliphatic carboxylic acids is 1. The summed E-state index contributed by atoms with van der Waals surface area (Å²) in [4.78, 5) is 23.0. The Bertz CT molecular complexity index is 543. The lowest BCUT2D eigenvalue weighted by atomic mass is 10.0. The van der Waals surface area contributed by atoms with E-state index < -0.39 is 5.97 Å². The van der Waals surface area contributed by atoms with E-state index in [2.05, 4.69) is 19.9 Å². The summed E-state index contributed by atoms with van der Waals surface area (Å²) in [6, 6.07) is 0. The minimum atomic E-state index is -0.723. The molecule has 0 aromatic heterocycles. The Morgan fingerprint density at radius 2 is 1.00 bits per heavy atom. The average Bonchev–Trinajstić information content (AvgIpc) is 2.89. The van der Waals surface area contributed by atoms with Crippen molar-refractivity contribution in [3.8, 4) is 0 Å². The van der Waals surface area contributed by atoms with E-state index in [1.54, 1.807) is 0 Å². The minimum absolute atomic E-state index is 0.0708. The third kappa shape index (κ3) is 29.2. The van der Waals surface area contributed by atoms with E-state index in [4.69, 9.17) is 9.84 Å². The Balaban J connectivity index is 3.63. The van der Waals surface area contributed by atoms with Crippen molar-refractivity contribution >= 4 is 11.9 Å². The number of ether oxygens (including phenoxy) is 1. The summed E-state index contributed by atoms with van der Waals surface area (Å²) in [5.74, 6) is -0.794. The quantitative estimate of drug-likeness (QED) is 0.0563. The van der Waals surface area contributed by atoms with Crippen molar-refractivity contribution < 1.29 is 19.4 Å². The highest BCUT2D eigenvalue weighted by atomic mass is 16.5. The highest BCUT2D eigenvalue weighted by Gasteiger charge is 2.11. The molecule has 0 radical (unpaired) electrons. The average molecular weight is 537 g/mol. The molecule has 0 aliphatic carbocycles. The van der Waals surface area contributed by atoms with E-state index in [0.717, 1.165) is 57.8 Å². The number of hydrogen-bond donors (Lipinski definition) is 1. The van der Waals surface area contributed by atoms with Crippen LogP contribution in [-0.2, 0) is 14.3 Å². The van der Waals surface area contributed by atoms with Gasteiger partial charge in [-0.25, -0.2) is 0 Å². The molecule has 1 N–H and O–H groups in total. The molecule has 0 aliphatic heterocycles. The van der Waals surface area contributed by atoms with Gasteiger partial charge >= 0.3 is 11.9 Å². The SMILES string of the molecule is CCC/C=C\C(CCCCCCC(=O)O)OC(=O)CCCCCCCCCCCCCCCCCCCC. The fraction of sp³-hybridized carbons (Fsp3) is 0.882. The first-order valence-electron chi connectivity index (χ1n) is 16.7. The van der Waals surface area contributed by atoms with Crippen molar-refractivity contribution in [2.45, 2.75) is 193 Å². The molecular formula is C34H64O4. The highest BCUT2D eigenvalue weighted by Crippen LogP contribution is 2.16. The van der Waals surface area contributed by atoms with Gasteiger partial charge < -0.3 is 9.84 Å². The first-order valence-corrected chi connectivity index (χ1v) is 16.7. The van der Waals surface area contributed by atoms with Crippen LogP contribution in [0.5, 0.6) is 0 Å². The topological polar surface area (TPSA) is 63.6 Å². The van der Waals surface area contributed by atoms with Crippen LogP contribution in [0.25, 0.3) is 0 Å². The number of carbonyl (C=O) groups excluding carboxylic acids is 1. The summed E-state index contributed by atoms with van der Waals surface area (Å²) in [5.41, 5.74) is 0. The van der Waals surface area contributed by atoms with E-state index >= 15 is 0 Å². The first-order chi connectivity index (χ1) is 18.6. The molecule has 0 bridgehead atoms. The Hall–Kier alpha value is -1.32. The summed E-state index contributed by atoms with van der Waals surface area (Å²) < 4.78 is 5.76. The summed E-state index contributed by atoms with van der Waals surface area (Å²) in [7, 11) is 0. The number of carbonyl (C=O) groups is 2. The lowest BCUT2D eigenvalue weighted by Crippen LogP contribution is -2.16. The molecule has 1 atom stereocenters. The minimum Gasteiger partial charge on any atom is -0.481 e. The molecule has 0 saturated carbocycles. The maximum Gasteiger partial charge on any atom is 0.306 e. The molecule has 224 valence electrons. The Morgan fingerprint density at radius 1 is 0.579 bits per heavy atom. The number of carboxylic acids is 1. The molecule has 0 saturated heterocycles. The number of unbranched alkanes of at least 4 members (excludes halogenated alkanes) is 21. The van der Waals surface area contributed by atoms with E-state index in [9.17, 15) is 9.59 Å². The van der Waals surface area contributed by atoms with Gasteiger partial charge in [-0.15, -0.1) is 0 Å². The van der Waals surface area contributed by atoms with E-state index in [1.165, 1.54) is 103 Å². The number of allylic oxidation sites excluding steroid dienone is 1. The Labute approximate surface area is 236 Å². The van der Waals surface area contributed by atoms with Crippen LogP contribution in [-0.4, -0.2) is 23.1 Å². The van der Waals surface area contributed by atoms with Gasteiger partial charge in [0.25, 0.3) is 0 Å². The van der Waals surface area contributed by atoms with Crippen molar-refractivity contribution in [2.75, 3.05) is 0 Å². The van der Waals surface area contributed by atoms with Crippen molar-refractivity contribution in [2.24, 2.45) is 0 Å². The Kier molecular flexibility index (Phi) is 29.2. The molecule has 0 aromatic carbocycles. The van der Waals surface area contributed by atoms with Crippen molar-refractivity contribution in [1.29, 1.82) is 0 Å². The second-order valence-corrected chi connectivity index (χ2v) is 11.4. The van der Waals surface area contributed by atoms with Gasteiger partial charge in [0, 0.05) is 12.8 Å². The van der Waals surface area contributed by atoms with Crippen molar-refractivity contribution in [1.82, 2.24) is 0 Å².